The Bertz CT molecular complexity index is 1230. The van der Waals surface area contributed by atoms with E-state index in [4.69, 9.17) is 0 Å². The molecule has 2 aromatic heterocycles. The van der Waals surface area contributed by atoms with Gasteiger partial charge in [0.2, 0.25) is 4.96 Å². The number of aromatic nitrogens is 3. The molecular weight excluding hydrogens is 379 g/mol. The number of carbonyl (C=O) groups is 1. The second-order valence-electron chi connectivity index (χ2n) is 6.22. The van der Waals surface area contributed by atoms with E-state index in [1.54, 1.807) is 6.07 Å². The van der Waals surface area contributed by atoms with Gasteiger partial charge in [0.1, 0.15) is 10.8 Å². The number of fused-ring (bicyclic) bond motifs is 1. The zero-order valence-electron chi connectivity index (χ0n) is 14.8. The van der Waals surface area contributed by atoms with Crippen molar-refractivity contribution in [1.82, 2.24) is 19.9 Å². The summed E-state index contributed by atoms with van der Waals surface area (Å²) in [7, 11) is 0. The molecule has 0 aliphatic carbocycles. The van der Waals surface area contributed by atoms with E-state index in [0.29, 0.717) is 15.7 Å². The molecule has 8 heteroatoms. The minimum Gasteiger partial charge on any atom is -0.346 e. The first-order chi connectivity index (χ1) is 13.5. The second-order valence-corrected chi connectivity index (χ2v) is 7.17. The molecule has 0 saturated heterocycles. The number of aryl methyl sites for hydroxylation is 1. The van der Waals surface area contributed by atoms with Gasteiger partial charge in [-0.15, -0.1) is 0 Å². The Hall–Kier alpha value is -3.39. The van der Waals surface area contributed by atoms with Gasteiger partial charge in [0.05, 0.1) is 17.8 Å². The van der Waals surface area contributed by atoms with Crippen LogP contribution in [-0.2, 0) is 6.54 Å². The summed E-state index contributed by atoms with van der Waals surface area (Å²) in [6.45, 7) is 2.01. The SMILES string of the molecule is Cc1ccc(-c2nn3c(=O)cc(CNC(=O)c4ccccc4F)nc3s2)cc1. The zero-order valence-corrected chi connectivity index (χ0v) is 15.7. The van der Waals surface area contributed by atoms with Crippen molar-refractivity contribution < 1.29 is 9.18 Å². The van der Waals surface area contributed by atoms with Crippen LogP contribution in [0.15, 0.2) is 59.4 Å². The lowest BCUT2D eigenvalue weighted by molar-refractivity contribution is 0.0946. The minimum absolute atomic E-state index is 0.0106. The third-order valence-electron chi connectivity index (χ3n) is 4.15. The summed E-state index contributed by atoms with van der Waals surface area (Å²) in [6, 6.07) is 14.8. The maximum atomic E-state index is 13.7. The van der Waals surface area contributed by atoms with Crippen LogP contribution in [0.3, 0.4) is 0 Å². The third-order valence-corrected chi connectivity index (χ3v) is 5.10. The van der Waals surface area contributed by atoms with Crippen molar-refractivity contribution in [3.63, 3.8) is 0 Å². The van der Waals surface area contributed by atoms with Crippen LogP contribution in [0, 0.1) is 12.7 Å². The fraction of sp³-hybridized carbons (Fsp3) is 0.100. The fourth-order valence-electron chi connectivity index (χ4n) is 2.67. The summed E-state index contributed by atoms with van der Waals surface area (Å²) in [5.41, 5.74) is 2.02. The van der Waals surface area contributed by atoms with Gasteiger partial charge in [-0.05, 0) is 19.1 Å². The van der Waals surface area contributed by atoms with Crippen LogP contribution in [-0.4, -0.2) is 20.5 Å². The third kappa shape index (κ3) is 3.54. The number of amides is 1. The van der Waals surface area contributed by atoms with Crippen LogP contribution < -0.4 is 10.9 Å². The average Bonchev–Trinajstić information content (AvgIpc) is 3.12. The summed E-state index contributed by atoms with van der Waals surface area (Å²) >= 11 is 1.29. The van der Waals surface area contributed by atoms with Gasteiger partial charge in [-0.2, -0.15) is 9.61 Å². The lowest BCUT2D eigenvalue weighted by atomic mass is 10.2. The van der Waals surface area contributed by atoms with Crippen molar-refractivity contribution >= 4 is 22.2 Å². The normalized spacial score (nSPS) is 10.9. The van der Waals surface area contributed by atoms with Gasteiger partial charge in [0.25, 0.3) is 11.5 Å². The second kappa shape index (κ2) is 7.32. The highest BCUT2D eigenvalue weighted by molar-refractivity contribution is 7.19. The molecule has 0 aliphatic heterocycles. The van der Waals surface area contributed by atoms with E-state index >= 15 is 0 Å². The molecule has 0 spiro atoms. The number of halogens is 1. The Kier molecular flexibility index (Phi) is 4.70. The van der Waals surface area contributed by atoms with Gasteiger partial charge in [-0.25, -0.2) is 9.37 Å². The molecular formula is C20H15FN4O2S. The molecule has 1 amide bonds. The van der Waals surface area contributed by atoms with E-state index in [1.807, 2.05) is 31.2 Å². The smallest absolute Gasteiger partial charge is 0.275 e. The van der Waals surface area contributed by atoms with Gasteiger partial charge in [0, 0.05) is 11.6 Å². The molecule has 140 valence electrons. The molecule has 1 N–H and O–H groups in total. The number of carbonyl (C=O) groups excluding carboxylic acids is 1. The summed E-state index contributed by atoms with van der Waals surface area (Å²) in [6.07, 6.45) is 0. The molecule has 0 atom stereocenters. The summed E-state index contributed by atoms with van der Waals surface area (Å²) in [5, 5.41) is 7.60. The van der Waals surface area contributed by atoms with Crippen molar-refractivity contribution in [2.24, 2.45) is 0 Å². The Balaban J connectivity index is 1.59. The van der Waals surface area contributed by atoms with Crippen molar-refractivity contribution in [2.45, 2.75) is 13.5 Å². The largest absolute Gasteiger partial charge is 0.346 e. The quantitative estimate of drug-likeness (QED) is 0.577. The Labute approximate surface area is 163 Å². The van der Waals surface area contributed by atoms with E-state index in [1.165, 1.54) is 40.1 Å². The van der Waals surface area contributed by atoms with Crippen molar-refractivity contribution in [3.8, 4) is 10.6 Å². The van der Waals surface area contributed by atoms with E-state index in [-0.39, 0.29) is 17.7 Å². The van der Waals surface area contributed by atoms with Crippen LogP contribution in [0.2, 0.25) is 0 Å². The number of benzene rings is 2. The van der Waals surface area contributed by atoms with Crippen LogP contribution in [0.5, 0.6) is 0 Å². The first-order valence-corrected chi connectivity index (χ1v) is 9.32. The molecule has 4 aromatic rings. The summed E-state index contributed by atoms with van der Waals surface area (Å²) in [4.78, 5) is 29.3. The van der Waals surface area contributed by atoms with Gasteiger partial charge >= 0.3 is 0 Å². The van der Waals surface area contributed by atoms with Gasteiger partial charge in [0.15, 0.2) is 0 Å². The molecule has 0 unspecified atom stereocenters. The average molecular weight is 394 g/mol. The molecule has 0 radical (unpaired) electrons. The highest BCUT2D eigenvalue weighted by Gasteiger charge is 2.13. The van der Waals surface area contributed by atoms with Gasteiger partial charge in [-0.1, -0.05) is 53.3 Å². The first-order valence-electron chi connectivity index (χ1n) is 8.51. The Morgan fingerprint density at radius 2 is 1.93 bits per heavy atom. The lowest BCUT2D eigenvalue weighted by Gasteiger charge is -2.05. The Morgan fingerprint density at radius 1 is 1.18 bits per heavy atom. The zero-order chi connectivity index (χ0) is 19.7. The van der Waals surface area contributed by atoms with Crippen LogP contribution in [0.4, 0.5) is 4.39 Å². The van der Waals surface area contributed by atoms with Crippen LogP contribution in [0.1, 0.15) is 21.6 Å². The molecule has 0 saturated carbocycles. The molecule has 6 nitrogen and oxygen atoms in total. The highest BCUT2D eigenvalue weighted by atomic mass is 32.1. The predicted octanol–water partition coefficient (Wildman–Crippen LogP) is 3.20. The number of hydrogen-bond acceptors (Lipinski definition) is 5. The molecule has 4 rings (SSSR count). The molecule has 28 heavy (non-hydrogen) atoms. The first kappa shape index (κ1) is 18.0. The minimum atomic E-state index is -0.603. The van der Waals surface area contributed by atoms with Crippen molar-refractivity contribution in [1.29, 1.82) is 0 Å². The standard InChI is InChI=1S/C20H15FN4O2S/c1-12-6-8-13(9-7-12)19-24-25-17(26)10-14(23-20(25)28-19)11-22-18(27)15-4-2-3-5-16(15)21/h2-10H,11H2,1H3,(H,22,27). The molecule has 0 aliphatic rings. The lowest BCUT2D eigenvalue weighted by Crippen LogP contribution is -2.26. The number of nitrogens with zero attached hydrogens (tertiary/aromatic N) is 3. The van der Waals surface area contributed by atoms with Gasteiger partial charge < -0.3 is 5.32 Å². The van der Waals surface area contributed by atoms with Crippen LogP contribution >= 0.6 is 11.3 Å². The van der Waals surface area contributed by atoms with Crippen molar-refractivity contribution in [2.75, 3.05) is 0 Å². The number of rotatable bonds is 4. The van der Waals surface area contributed by atoms with E-state index < -0.39 is 11.7 Å². The maximum Gasteiger partial charge on any atom is 0.275 e. The number of hydrogen-bond donors (Lipinski definition) is 1. The maximum absolute atomic E-state index is 13.7. The Morgan fingerprint density at radius 3 is 2.68 bits per heavy atom. The summed E-state index contributed by atoms with van der Waals surface area (Å²) < 4.78 is 14.9. The predicted molar refractivity (Wildman–Crippen MR) is 105 cm³/mol. The van der Waals surface area contributed by atoms with Gasteiger partial charge in [-0.3, -0.25) is 9.59 Å². The molecule has 0 bridgehead atoms. The van der Waals surface area contributed by atoms with E-state index in [9.17, 15) is 14.0 Å². The highest BCUT2D eigenvalue weighted by Crippen LogP contribution is 2.24. The topological polar surface area (TPSA) is 76.4 Å². The molecule has 2 heterocycles. The van der Waals surface area contributed by atoms with E-state index in [0.717, 1.165) is 11.1 Å². The molecule has 0 fully saturated rings. The summed E-state index contributed by atoms with van der Waals surface area (Å²) in [5.74, 6) is -1.17. The monoisotopic (exact) mass is 394 g/mol. The van der Waals surface area contributed by atoms with Crippen molar-refractivity contribution in [3.05, 3.63) is 87.6 Å². The fourth-order valence-corrected chi connectivity index (χ4v) is 3.60. The van der Waals surface area contributed by atoms with E-state index in [2.05, 4.69) is 15.4 Å². The number of nitrogens with one attached hydrogen (secondary N) is 1. The van der Waals surface area contributed by atoms with Crippen LogP contribution in [0.25, 0.3) is 15.5 Å². The molecule has 2 aromatic carbocycles.